The number of piperidine rings is 1. The summed E-state index contributed by atoms with van der Waals surface area (Å²) in [6, 6.07) is 6.99. The number of amides is 1. The van der Waals surface area contributed by atoms with Gasteiger partial charge in [-0.15, -0.1) is 0 Å². The summed E-state index contributed by atoms with van der Waals surface area (Å²) in [6.45, 7) is 6.42. The van der Waals surface area contributed by atoms with E-state index in [1.165, 1.54) is 37.9 Å². The normalized spacial score (nSPS) is 21.7. The quantitative estimate of drug-likeness (QED) is 0.850. The molecule has 27 heavy (non-hydrogen) atoms. The monoisotopic (exact) mass is 370 g/mol. The Bertz CT molecular complexity index is 829. The number of hydrogen-bond acceptors (Lipinski definition) is 3. The zero-order valence-electron chi connectivity index (χ0n) is 16.0. The van der Waals surface area contributed by atoms with E-state index in [-0.39, 0.29) is 11.7 Å². The van der Waals surface area contributed by atoms with Crippen LogP contribution in [0.5, 0.6) is 0 Å². The van der Waals surface area contributed by atoms with Crippen LogP contribution in [0.2, 0.25) is 0 Å². The van der Waals surface area contributed by atoms with Crippen LogP contribution in [0.25, 0.3) is 5.69 Å². The minimum absolute atomic E-state index is 0.0890. The summed E-state index contributed by atoms with van der Waals surface area (Å²) in [5.74, 6) is 0.686. The van der Waals surface area contributed by atoms with E-state index >= 15 is 0 Å². The number of hydrogen-bond donors (Lipinski definition) is 1. The molecule has 5 nitrogen and oxygen atoms in total. The number of halogens is 1. The third kappa shape index (κ3) is 3.76. The first-order valence-corrected chi connectivity index (χ1v) is 9.83. The molecule has 0 spiro atoms. The molecule has 1 aromatic heterocycles. The van der Waals surface area contributed by atoms with Crippen LogP contribution in [-0.2, 0) is 11.3 Å². The molecule has 2 aliphatic rings. The number of rotatable bonds is 6. The van der Waals surface area contributed by atoms with Crippen LogP contribution >= 0.6 is 0 Å². The number of carbonyl (C=O) groups excluding carboxylic acids is 1. The van der Waals surface area contributed by atoms with Crippen molar-refractivity contribution >= 4 is 5.91 Å². The Morgan fingerprint density at radius 3 is 2.70 bits per heavy atom. The van der Waals surface area contributed by atoms with Crippen LogP contribution in [0.4, 0.5) is 4.39 Å². The Labute approximate surface area is 159 Å². The highest BCUT2D eigenvalue weighted by molar-refractivity contribution is 5.76. The Hall–Kier alpha value is -2.21. The lowest BCUT2D eigenvalue weighted by atomic mass is 10.1. The topological polar surface area (TPSA) is 50.2 Å². The number of nitrogens with zero attached hydrogens (tertiary/aromatic N) is 3. The molecular formula is C21H27FN4O. The van der Waals surface area contributed by atoms with Crippen molar-refractivity contribution in [1.29, 1.82) is 0 Å². The summed E-state index contributed by atoms with van der Waals surface area (Å²) in [7, 11) is 0. The lowest BCUT2D eigenvalue weighted by molar-refractivity contribution is -0.121. The van der Waals surface area contributed by atoms with E-state index in [0.717, 1.165) is 35.1 Å². The summed E-state index contributed by atoms with van der Waals surface area (Å²) in [5.41, 5.74) is 3.69. The maximum atomic E-state index is 13.2. The van der Waals surface area contributed by atoms with Crippen molar-refractivity contribution in [3.8, 4) is 5.69 Å². The van der Waals surface area contributed by atoms with Crippen molar-refractivity contribution in [2.24, 2.45) is 5.92 Å². The van der Waals surface area contributed by atoms with E-state index in [0.29, 0.717) is 19.0 Å². The molecule has 1 aliphatic heterocycles. The van der Waals surface area contributed by atoms with Gasteiger partial charge in [0.2, 0.25) is 5.91 Å². The highest BCUT2D eigenvalue weighted by Gasteiger charge is 2.37. The molecule has 2 heterocycles. The highest BCUT2D eigenvalue weighted by atomic mass is 19.1. The van der Waals surface area contributed by atoms with Crippen molar-refractivity contribution in [3.63, 3.8) is 0 Å². The van der Waals surface area contributed by atoms with Crippen LogP contribution in [0.15, 0.2) is 24.3 Å². The molecule has 1 aliphatic carbocycles. The molecule has 1 amide bonds. The zero-order valence-corrected chi connectivity index (χ0v) is 16.0. The molecule has 2 fully saturated rings. The summed E-state index contributed by atoms with van der Waals surface area (Å²) < 4.78 is 15.0. The van der Waals surface area contributed by atoms with Gasteiger partial charge in [-0.2, -0.15) is 5.10 Å². The Balaban J connectivity index is 1.34. The Morgan fingerprint density at radius 2 is 2.04 bits per heavy atom. The number of likely N-dealkylation sites (tertiary alicyclic amines) is 1. The zero-order chi connectivity index (χ0) is 19.0. The lowest BCUT2D eigenvalue weighted by Gasteiger charge is -2.26. The van der Waals surface area contributed by atoms with Gasteiger partial charge in [-0.05, 0) is 63.3 Å². The van der Waals surface area contributed by atoms with E-state index in [9.17, 15) is 9.18 Å². The molecule has 1 saturated heterocycles. The van der Waals surface area contributed by atoms with Crippen molar-refractivity contribution in [3.05, 3.63) is 47.0 Å². The lowest BCUT2D eigenvalue weighted by Crippen LogP contribution is -2.35. The fourth-order valence-corrected chi connectivity index (χ4v) is 4.59. The van der Waals surface area contributed by atoms with Gasteiger partial charge in [0, 0.05) is 43.4 Å². The predicted octanol–water partition coefficient (Wildman–Crippen LogP) is 3.12. The largest absolute Gasteiger partial charge is 0.352 e. The molecule has 1 aromatic carbocycles. The summed E-state index contributed by atoms with van der Waals surface area (Å²) in [5, 5.41) is 7.60. The van der Waals surface area contributed by atoms with E-state index in [1.54, 1.807) is 16.8 Å². The molecule has 1 N–H and O–H groups in total. The second-order valence-corrected chi connectivity index (χ2v) is 7.89. The van der Waals surface area contributed by atoms with E-state index < -0.39 is 0 Å². The highest BCUT2D eigenvalue weighted by Crippen LogP contribution is 2.37. The third-order valence-electron chi connectivity index (χ3n) is 6.12. The number of fused-ring (bicyclic) bond motifs is 2. The van der Waals surface area contributed by atoms with Crippen LogP contribution in [0.1, 0.15) is 42.6 Å². The summed E-state index contributed by atoms with van der Waals surface area (Å²) in [4.78, 5) is 14.8. The molecule has 1 saturated carbocycles. The Morgan fingerprint density at radius 1 is 1.26 bits per heavy atom. The van der Waals surface area contributed by atoms with Gasteiger partial charge in [0.05, 0.1) is 11.4 Å². The molecule has 144 valence electrons. The van der Waals surface area contributed by atoms with E-state index in [4.69, 9.17) is 0 Å². The van der Waals surface area contributed by atoms with Gasteiger partial charge in [-0.1, -0.05) is 0 Å². The maximum absolute atomic E-state index is 13.2. The standard InChI is InChI=1S/C21H27FN4O/c1-14-20(15(2)26(24-14)18-7-4-17(22)5-8-18)12-23-21(27)9-10-25-13-16-3-6-19(25)11-16/h4-5,7-8,16,19H,3,6,9-13H2,1-2H3,(H,23,27)/t16-,19+/m0/s1. The van der Waals surface area contributed by atoms with Gasteiger partial charge in [-0.25, -0.2) is 9.07 Å². The SMILES string of the molecule is Cc1nn(-c2ccc(F)cc2)c(C)c1CNC(=O)CCN1C[C@H]2CC[C@@H]1C2. The first kappa shape index (κ1) is 18.2. The van der Waals surface area contributed by atoms with Crippen LogP contribution in [0.3, 0.4) is 0 Å². The molecule has 0 radical (unpaired) electrons. The fourth-order valence-electron chi connectivity index (χ4n) is 4.59. The summed E-state index contributed by atoms with van der Waals surface area (Å²) in [6.07, 6.45) is 4.53. The van der Waals surface area contributed by atoms with Crippen LogP contribution < -0.4 is 5.32 Å². The average Bonchev–Trinajstić information content (AvgIpc) is 3.35. The van der Waals surface area contributed by atoms with Gasteiger partial charge in [0.15, 0.2) is 0 Å². The Kier molecular flexibility index (Phi) is 5.00. The molecular weight excluding hydrogens is 343 g/mol. The second-order valence-electron chi connectivity index (χ2n) is 7.89. The average molecular weight is 370 g/mol. The van der Waals surface area contributed by atoms with E-state index in [2.05, 4.69) is 15.3 Å². The van der Waals surface area contributed by atoms with Crippen molar-refractivity contribution in [2.75, 3.05) is 13.1 Å². The number of benzene rings is 1. The molecule has 2 aromatic rings. The smallest absolute Gasteiger partial charge is 0.221 e. The minimum atomic E-state index is -0.265. The van der Waals surface area contributed by atoms with Crippen LogP contribution in [0, 0.1) is 25.6 Å². The number of carbonyl (C=O) groups is 1. The van der Waals surface area contributed by atoms with Gasteiger partial charge < -0.3 is 5.32 Å². The summed E-state index contributed by atoms with van der Waals surface area (Å²) >= 11 is 0. The van der Waals surface area contributed by atoms with E-state index in [1.807, 2.05) is 13.8 Å². The van der Waals surface area contributed by atoms with Gasteiger partial charge in [-0.3, -0.25) is 9.69 Å². The first-order chi connectivity index (χ1) is 13.0. The van der Waals surface area contributed by atoms with Gasteiger partial charge in [0.1, 0.15) is 5.82 Å². The molecule has 2 atom stereocenters. The molecule has 2 bridgehead atoms. The number of nitrogens with one attached hydrogen (secondary N) is 1. The first-order valence-electron chi connectivity index (χ1n) is 9.83. The number of aromatic nitrogens is 2. The predicted molar refractivity (Wildman–Crippen MR) is 102 cm³/mol. The fraction of sp³-hybridized carbons (Fsp3) is 0.524. The second kappa shape index (κ2) is 7.43. The minimum Gasteiger partial charge on any atom is -0.352 e. The third-order valence-corrected chi connectivity index (χ3v) is 6.12. The van der Waals surface area contributed by atoms with Crippen molar-refractivity contribution in [2.45, 2.75) is 52.1 Å². The van der Waals surface area contributed by atoms with Crippen molar-refractivity contribution < 1.29 is 9.18 Å². The van der Waals surface area contributed by atoms with Crippen molar-refractivity contribution in [1.82, 2.24) is 20.0 Å². The molecule has 0 unspecified atom stereocenters. The molecule has 4 rings (SSSR count). The maximum Gasteiger partial charge on any atom is 0.221 e. The van der Waals surface area contributed by atoms with Crippen LogP contribution in [-0.4, -0.2) is 39.7 Å². The molecule has 6 heteroatoms. The van der Waals surface area contributed by atoms with Gasteiger partial charge >= 0.3 is 0 Å². The number of aryl methyl sites for hydroxylation is 1. The van der Waals surface area contributed by atoms with Gasteiger partial charge in [0.25, 0.3) is 0 Å².